The first-order valence-electron chi connectivity index (χ1n) is 4.21. The number of carboxylic acid groups (broad SMARTS) is 1. The third kappa shape index (κ3) is 1.89. The van der Waals surface area contributed by atoms with Gasteiger partial charge in [0.25, 0.3) is 0 Å². The molecule has 0 bridgehead atoms. The molecule has 0 unspecified atom stereocenters. The lowest BCUT2D eigenvalue weighted by molar-refractivity contribution is 0.0686. The number of hydrogen-bond donors (Lipinski definition) is 2. The minimum absolute atomic E-state index is 0.0701. The van der Waals surface area contributed by atoms with Crippen LogP contribution < -0.4 is 5.73 Å². The fourth-order valence-electron chi connectivity index (χ4n) is 1.24. The third-order valence-electron chi connectivity index (χ3n) is 2.11. The van der Waals surface area contributed by atoms with E-state index in [-0.39, 0.29) is 11.7 Å². The highest BCUT2D eigenvalue weighted by molar-refractivity contribution is 5.86. The van der Waals surface area contributed by atoms with Gasteiger partial charge in [0.15, 0.2) is 0 Å². The zero-order chi connectivity index (χ0) is 10.0. The molecule has 4 heteroatoms. The molecule has 0 saturated heterocycles. The van der Waals surface area contributed by atoms with E-state index in [1.54, 1.807) is 23.9 Å². The molecule has 1 aromatic rings. The lowest BCUT2D eigenvalue weighted by atomic mass is 10.1. The van der Waals surface area contributed by atoms with Crippen molar-refractivity contribution in [3.8, 4) is 0 Å². The molecule has 0 fully saturated rings. The van der Waals surface area contributed by atoms with Crippen molar-refractivity contribution < 1.29 is 9.90 Å². The number of nitrogens with zero attached hydrogens (tertiary/aromatic N) is 1. The number of carbonyl (C=O) groups is 1. The number of aryl methyl sites for hydroxylation is 1. The predicted octanol–water partition coefficient (Wildman–Crippen LogP) is 1.13. The van der Waals surface area contributed by atoms with Gasteiger partial charge in [0.1, 0.15) is 5.69 Å². The summed E-state index contributed by atoms with van der Waals surface area (Å²) in [6.07, 6.45) is 2.57. The van der Waals surface area contributed by atoms with Gasteiger partial charge in [-0.2, -0.15) is 0 Å². The van der Waals surface area contributed by atoms with Crippen molar-refractivity contribution >= 4 is 5.97 Å². The molecule has 0 aliphatic carbocycles. The quantitative estimate of drug-likeness (QED) is 0.736. The Labute approximate surface area is 77.0 Å². The van der Waals surface area contributed by atoms with E-state index in [1.165, 1.54) is 0 Å². The van der Waals surface area contributed by atoms with Crippen LogP contribution in [0.4, 0.5) is 0 Å². The number of aromatic carboxylic acids is 1. The van der Waals surface area contributed by atoms with Crippen LogP contribution in [-0.4, -0.2) is 15.6 Å². The Hall–Kier alpha value is -1.29. The van der Waals surface area contributed by atoms with Gasteiger partial charge in [-0.3, -0.25) is 0 Å². The van der Waals surface area contributed by atoms with Gasteiger partial charge in [-0.25, -0.2) is 4.79 Å². The van der Waals surface area contributed by atoms with E-state index in [2.05, 4.69) is 0 Å². The SMILES string of the molecule is CC[C@@H](N)c1cc(C(=O)O)n(C)c1. The van der Waals surface area contributed by atoms with Crippen molar-refractivity contribution in [3.05, 3.63) is 23.5 Å². The molecule has 0 aliphatic rings. The van der Waals surface area contributed by atoms with Crippen LogP contribution in [0, 0.1) is 0 Å². The molecule has 0 saturated carbocycles. The van der Waals surface area contributed by atoms with Crippen molar-refractivity contribution in [3.63, 3.8) is 0 Å². The second-order valence-corrected chi connectivity index (χ2v) is 3.09. The van der Waals surface area contributed by atoms with Gasteiger partial charge in [-0.15, -0.1) is 0 Å². The van der Waals surface area contributed by atoms with Gasteiger partial charge < -0.3 is 15.4 Å². The van der Waals surface area contributed by atoms with Crippen LogP contribution in [0.15, 0.2) is 12.3 Å². The topological polar surface area (TPSA) is 68.2 Å². The largest absolute Gasteiger partial charge is 0.477 e. The number of carboxylic acids is 1. The van der Waals surface area contributed by atoms with Crippen molar-refractivity contribution in [2.45, 2.75) is 19.4 Å². The van der Waals surface area contributed by atoms with Crippen LogP contribution >= 0.6 is 0 Å². The second-order valence-electron chi connectivity index (χ2n) is 3.09. The van der Waals surface area contributed by atoms with Crippen molar-refractivity contribution in [2.24, 2.45) is 12.8 Å². The fraction of sp³-hybridized carbons (Fsp3) is 0.444. The highest BCUT2D eigenvalue weighted by atomic mass is 16.4. The smallest absolute Gasteiger partial charge is 0.352 e. The molecule has 1 rings (SSSR count). The Morgan fingerprint density at radius 3 is 2.77 bits per heavy atom. The van der Waals surface area contributed by atoms with E-state index < -0.39 is 5.97 Å². The molecule has 0 spiro atoms. The van der Waals surface area contributed by atoms with Gasteiger partial charge >= 0.3 is 5.97 Å². The Balaban J connectivity index is 3.01. The molecule has 3 N–H and O–H groups in total. The summed E-state index contributed by atoms with van der Waals surface area (Å²) < 4.78 is 1.58. The van der Waals surface area contributed by atoms with Gasteiger partial charge in [0.2, 0.25) is 0 Å². The van der Waals surface area contributed by atoms with Crippen LogP contribution in [0.25, 0.3) is 0 Å². The maximum Gasteiger partial charge on any atom is 0.352 e. The van der Waals surface area contributed by atoms with Crippen molar-refractivity contribution in [2.75, 3.05) is 0 Å². The van der Waals surface area contributed by atoms with Gasteiger partial charge in [-0.1, -0.05) is 6.92 Å². The fourth-order valence-corrected chi connectivity index (χ4v) is 1.24. The van der Waals surface area contributed by atoms with E-state index in [0.29, 0.717) is 0 Å². The van der Waals surface area contributed by atoms with Crippen LogP contribution in [0.5, 0.6) is 0 Å². The summed E-state index contributed by atoms with van der Waals surface area (Å²) >= 11 is 0. The number of nitrogens with two attached hydrogens (primary N) is 1. The van der Waals surface area contributed by atoms with E-state index in [0.717, 1.165) is 12.0 Å². The number of hydrogen-bond acceptors (Lipinski definition) is 2. The van der Waals surface area contributed by atoms with Crippen LogP contribution in [-0.2, 0) is 7.05 Å². The second kappa shape index (κ2) is 3.62. The monoisotopic (exact) mass is 182 g/mol. The molecular formula is C9H14N2O2. The molecule has 72 valence electrons. The zero-order valence-electron chi connectivity index (χ0n) is 7.82. The summed E-state index contributed by atoms with van der Waals surface area (Å²) in [4.78, 5) is 10.7. The molecule has 1 aromatic heterocycles. The molecule has 13 heavy (non-hydrogen) atoms. The van der Waals surface area contributed by atoms with Gasteiger partial charge in [0.05, 0.1) is 0 Å². The van der Waals surface area contributed by atoms with Crippen molar-refractivity contribution in [1.29, 1.82) is 0 Å². The Bertz CT molecular complexity index is 317. The molecular weight excluding hydrogens is 168 g/mol. The Morgan fingerprint density at radius 1 is 1.77 bits per heavy atom. The van der Waals surface area contributed by atoms with E-state index in [1.807, 2.05) is 6.92 Å². The summed E-state index contributed by atoms with van der Waals surface area (Å²) in [6, 6.07) is 1.55. The highest BCUT2D eigenvalue weighted by Gasteiger charge is 2.12. The molecule has 4 nitrogen and oxygen atoms in total. The van der Waals surface area contributed by atoms with E-state index in [9.17, 15) is 4.79 Å². The molecule has 0 aromatic carbocycles. The number of rotatable bonds is 3. The lowest BCUT2D eigenvalue weighted by Gasteiger charge is -2.03. The first kappa shape index (κ1) is 9.80. The number of aromatic nitrogens is 1. The van der Waals surface area contributed by atoms with Crippen LogP contribution in [0.1, 0.15) is 35.4 Å². The zero-order valence-corrected chi connectivity index (χ0v) is 7.82. The highest BCUT2D eigenvalue weighted by Crippen LogP contribution is 2.16. The average Bonchev–Trinajstić information content (AvgIpc) is 2.46. The standard InChI is InChI=1S/C9H14N2O2/c1-3-7(10)6-4-8(9(12)13)11(2)5-6/h4-5,7H,3,10H2,1-2H3,(H,12,13)/t7-/m1/s1. The van der Waals surface area contributed by atoms with Gasteiger partial charge in [-0.05, 0) is 18.1 Å². The van der Waals surface area contributed by atoms with Crippen molar-refractivity contribution in [1.82, 2.24) is 4.57 Å². The molecule has 0 aliphatic heterocycles. The predicted molar refractivity (Wildman–Crippen MR) is 49.6 cm³/mol. The van der Waals surface area contributed by atoms with Crippen LogP contribution in [0.3, 0.4) is 0 Å². The summed E-state index contributed by atoms with van der Waals surface area (Å²) in [5, 5.41) is 8.77. The first-order valence-corrected chi connectivity index (χ1v) is 4.21. The minimum atomic E-state index is -0.919. The van der Waals surface area contributed by atoms with E-state index >= 15 is 0 Å². The van der Waals surface area contributed by atoms with Crippen LogP contribution in [0.2, 0.25) is 0 Å². The molecule has 1 heterocycles. The lowest BCUT2D eigenvalue weighted by Crippen LogP contribution is -2.07. The summed E-state index contributed by atoms with van der Waals surface area (Å²) in [7, 11) is 1.70. The Kier molecular flexibility index (Phi) is 2.72. The van der Waals surface area contributed by atoms with E-state index in [4.69, 9.17) is 10.8 Å². The molecule has 0 radical (unpaired) electrons. The summed E-state index contributed by atoms with van der Waals surface area (Å²) in [5.74, 6) is -0.919. The molecule has 0 amide bonds. The third-order valence-corrected chi connectivity index (χ3v) is 2.11. The first-order chi connectivity index (χ1) is 6.06. The average molecular weight is 182 g/mol. The maximum atomic E-state index is 10.7. The Morgan fingerprint density at radius 2 is 2.38 bits per heavy atom. The summed E-state index contributed by atoms with van der Waals surface area (Å²) in [6.45, 7) is 1.97. The molecule has 1 atom stereocenters. The maximum absolute atomic E-state index is 10.7. The minimum Gasteiger partial charge on any atom is -0.477 e. The normalized spacial score (nSPS) is 12.8. The summed E-state index contributed by atoms with van der Waals surface area (Å²) in [5.41, 5.74) is 6.92. The van der Waals surface area contributed by atoms with Gasteiger partial charge in [0, 0.05) is 19.3 Å².